The van der Waals surface area contributed by atoms with Gasteiger partial charge in [-0.05, 0) is 43.4 Å². The highest BCUT2D eigenvalue weighted by molar-refractivity contribution is 5.81. The Hall–Kier alpha value is -2.04. The van der Waals surface area contributed by atoms with Gasteiger partial charge in [-0.15, -0.1) is 0 Å². The third-order valence-electron chi connectivity index (χ3n) is 4.60. The highest BCUT2D eigenvalue weighted by Crippen LogP contribution is 2.21. The number of benzene rings is 1. The normalized spacial score (nSPS) is 16.5. The number of rotatable bonds is 6. The molecule has 0 aromatic heterocycles. The number of esters is 1. The second kappa shape index (κ2) is 8.71. The van der Waals surface area contributed by atoms with Crippen molar-refractivity contribution in [1.82, 2.24) is 4.90 Å². The molecule has 5 nitrogen and oxygen atoms in total. The second-order valence-electron chi connectivity index (χ2n) is 6.13. The highest BCUT2D eigenvalue weighted by Gasteiger charge is 2.31. The van der Waals surface area contributed by atoms with E-state index in [0.29, 0.717) is 32.4 Å². The molecule has 1 aliphatic rings. The van der Waals surface area contributed by atoms with E-state index in [0.717, 1.165) is 12.2 Å². The molecule has 0 saturated carbocycles. The molecule has 0 radical (unpaired) electrons. The fourth-order valence-electron chi connectivity index (χ4n) is 2.98. The number of aryl methyl sites for hydroxylation is 1. The summed E-state index contributed by atoms with van der Waals surface area (Å²) in [5.41, 5.74) is 1.24. The first kappa shape index (κ1) is 18.3. The van der Waals surface area contributed by atoms with Crippen LogP contribution in [0.5, 0.6) is 5.75 Å². The van der Waals surface area contributed by atoms with Gasteiger partial charge in [-0.1, -0.05) is 26.0 Å². The molecule has 1 amide bonds. The Balaban J connectivity index is 1.92. The minimum atomic E-state index is -0.479. The second-order valence-corrected chi connectivity index (χ2v) is 6.13. The predicted molar refractivity (Wildman–Crippen MR) is 91.8 cm³/mol. The summed E-state index contributed by atoms with van der Waals surface area (Å²) >= 11 is 0. The van der Waals surface area contributed by atoms with Crippen LogP contribution in [0, 0.1) is 5.92 Å². The number of hydrogen-bond acceptors (Lipinski definition) is 4. The molecule has 1 unspecified atom stereocenters. The number of ether oxygens (including phenoxy) is 2. The van der Waals surface area contributed by atoms with Crippen molar-refractivity contribution < 1.29 is 19.1 Å². The van der Waals surface area contributed by atoms with Gasteiger partial charge in [0, 0.05) is 13.1 Å². The van der Waals surface area contributed by atoms with Crippen molar-refractivity contribution >= 4 is 11.9 Å². The van der Waals surface area contributed by atoms with Gasteiger partial charge in [0.2, 0.25) is 0 Å². The van der Waals surface area contributed by atoms with Crippen molar-refractivity contribution in [2.75, 3.05) is 20.2 Å². The van der Waals surface area contributed by atoms with Crippen molar-refractivity contribution in [1.29, 1.82) is 0 Å². The van der Waals surface area contributed by atoms with E-state index >= 15 is 0 Å². The molecular formula is C19H27NO4. The molecule has 1 atom stereocenters. The zero-order chi connectivity index (χ0) is 17.5. The molecule has 1 aromatic carbocycles. The maximum atomic E-state index is 12.7. The number of carbonyl (C=O) groups is 2. The zero-order valence-corrected chi connectivity index (χ0v) is 14.8. The SMILES string of the molecule is CCc1ccc(OC(CC)C(=O)N2CCC(C(=O)OC)CC2)cc1. The average Bonchev–Trinajstić information content (AvgIpc) is 2.65. The first-order valence-corrected chi connectivity index (χ1v) is 8.71. The summed E-state index contributed by atoms with van der Waals surface area (Å²) in [7, 11) is 1.41. The van der Waals surface area contributed by atoms with E-state index in [-0.39, 0.29) is 17.8 Å². The van der Waals surface area contributed by atoms with Crippen LogP contribution in [0.4, 0.5) is 0 Å². The Morgan fingerprint density at radius 1 is 1.17 bits per heavy atom. The van der Waals surface area contributed by atoms with Crippen LogP contribution in [0.15, 0.2) is 24.3 Å². The monoisotopic (exact) mass is 333 g/mol. The molecule has 1 aromatic rings. The van der Waals surface area contributed by atoms with Crippen molar-refractivity contribution in [3.8, 4) is 5.75 Å². The number of carbonyl (C=O) groups excluding carboxylic acids is 2. The summed E-state index contributed by atoms with van der Waals surface area (Å²) in [5.74, 6) is 0.445. The topological polar surface area (TPSA) is 55.8 Å². The molecule has 1 heterocycles. The van der Waals surface area contributed by atoms with Crippen molar-refractivity contribution in [2.24, 2.45) is 5.92 Å². The summed E-state index contributed by atoms with van der Waals surface area (Å²) in [5, 5.41) is 0. The minimum Gasteiger partial charge on any atom is -0.481 e. The summed E-state index contributed by atoms with van der Waals surface area (Å²) in [4.78, 5) is 26.1. The molecule has 0 spiro atoms. The lowest BCUT2D eigenvalue weighted by Gasteiger charge is -2.33. The number of nitrogens with zero attached hydrogens (tertiary/aromatic N) is 1. The van der Waals surface area contributed by atoms with Gasteiger partial charge in [-0.25, -0.2) is 0 Å². The minimum absolute atomic E-state index is 0.000355. The lowest BCUT2D eigenvalue weighted by molar-refractivity contribution is -0.150. The van der Waals surface area contributed by atoms with Gasteiger partial charge in [0.05, 0.1) is 13.0 Å². The molecule has 132 valence electrons. The Morgan fingerprint density at radius 3 is 2.29 bits per heavy atom. The summed E-state index contributed by atoms with van der Waals surface area (Å²) < 4.78 is 10.7. The summed E-state index contributed by atoms with van der Waals surface area (Å²) in [6.07, 6.45) is 2.42. The molecule has 1 aliphatic heterocycles. The van der Waals surface area contributed by atoms with Gasteiger partial charge in [0.25, 0.3) is 5.91 Å². The maximum absolute atomic E-state index is 12.7. The maximum Gasteiger partial charge on any atom is 0.308 e. The van der Waals surface area contributed by atoms with Crippen LogP contribution in [0.1, 0.15) is 38.7 Å². The lowest BCUT2D eigenvalue weighted by atomic mass is 9.96. The number of hydrogen-bond donors (Lipinski definition) is 0. The fourth-order valence-corrected chi connectivity index (χ4v) is 2.98. The first-order chi connectivity index (χ1) is 11.6. The smallest absolute Gasteiger partial charge is 0.308 e. The molecule has 0 N–H and O–H groups in total. The molecule has 5 heteroatoms. The van der Waals surface area contributed by atoms with Gasteiger partial charge >= 0.3 is 5.97 Å². The molecule has 0 bridgehead atoms. The lowest BCUT2D eigenvalue weighted by Crippen LogP contribution is -2.46. The van der Waals surface area contributed by atoms with Gasteiger partial charge < -0.3 is 14.4 Å². The molecule has 2 rings (SSSR count). The third kappa shape index (κ3) is 4.49. The van der Waals surface area contributed by atoms with E-state index < -0.39 is 6.10 Å². The molecule has 1 saturated heterocycles. The standard InChI is InChI=1S/C19H27NO4/c1-4-14-6-8-16(9-7-14)24-17(5-2)18(21)20-12-10-15(11-13-20)19(22)23-3/h6-9,15,17H,4-5,10-13H2,1-3H3. The number of piperidine rings is 1. The van der Waals surface area contributed by atoms with Crippen LogP contribution in [-0.2, 0) is 20.7 Å². The van der Waals surface area contributed by atoms with E-state index in [1.165, 1.54) is 12.7 Å². The van der Waals surface area contributed by atoms with Crippen LogP contribution in [0.2, 0.25) is 0 Å². The zero-order valence-electron chi connectivity index (χ0n) is 14.8. The van der Waals surface area contributed by atoms with Crippen LogP contribution in [-0.4, -0.2) is 43.1 Å². The first-order valence-electron chi connectivity index (χ1n) is 8.71. The van der Waals surface area contributed by atoms with Crippen LogP contribution >= 0.6 is 0 Å². The quantitative estimate of drug-likeness (QED) is 0.751. The Bertz CT molecular complexity index is 547. The predicted octanol–water partition coefficient (Wildman–Crippen LogP) is 2.82. The Kier molecular flexibility index (Phi) is 6.64. The van der Waals surface area contributed by atoms with E-state index in [2.05, 4.69) is 6.92 Å². The Labute approximate surface area is 143 Å². The number of likely N-dealkylation sites (tertiary alicyclic amines) is 1. The molecule has 0 aliphatic carbocycles. The van der Waals surface area contributed by atoms with Crippen molar-refractivity contribution in [3.63, 3.8) is 0 Å². The largest absolute Gasteiger partial charge is 0.481 e. The molecular weight excluding hydrogens is 306 g/mol. The third-order valence-corrected chi connectivity index (χ3v) is 4.60. The van der Waals surface area contributed by atoms with E-state index in [1.807, 2.05) is 31.2 Å². The van der Waals surface area contributed by atoms with Crippen LogP contribution in [0.3, 0.4) is 0 Å². The van der Waals surface area contributed by atoms with Crippen LogP contribution < -0.4 is 4.74 Å². The van der Waals surface area contributed by atoms with E-state index in [9.17, 15) is 9.59 Å². The van der Waals surface area contributed by atoms with E-state index in [1.54, 1.807) is 4.90 Å². The average molecular weight is 333 g/mol. The fraction of sp³-hybridized carbons (Fsp3) is 0.579. The Morgan fingerprint density at radius 2 is 1.79 bits per heavy atom. The molecule has 1 fully saturated rings. The van der Waals surface area contributed by atoms with Gasteiger partial charge in [-0.3, -0.25) is 9.59 Å². The summed E-state index contributed by atoms with van der Waals surface area (Å²) in [6, 6.07) is 7.87. The number of amides is 1. The highest BCUT2D eigenvalue weighted by atomic mass is 16.5. The van der Waals surface area contributed by atoms with Crippen molar-refractivity contribution in [2.45, 2.75) is 45.6 Å². The van der Waals surface area contributed by atoms with Gasteiger partial charge in [0.15, 0.2) is 6.10 Å². The van der Waals surface area contributed by atoms with Gasteiger partial charge in [-0.2, -0.15) is 0 Å². The number of methoxy groups -OCH3 is 1. The van der Waals surface area contributed by atoms with Gasteiger partial charge in [0.1, 0.15) is 5.75 Å². The van der Waals surface area contributed by atoms with Crippen LogP contribution in [0.25, 0.3) is 0 Å². The molecule has 24 heavy (non-hydrogen) atoms. The summed E-state index contributed by atoms with van der Waals surface area (Å²) in [6.45, 7) is 5.21. The van der Waals surface area contributed by atoms with Crippen molar-refractivity contribution in [3.05, 3.63) is 29.8 Å². The van der Waals surface area contributed by atoms with E-state index in [4.69, 9.17) is 9.47 Å².